The van der Waals surface area contributed by atoms with E-state index in [1.807, 2.05) is 0 Å². The SMILES string of the molecule is CC(C)(C)C(=O)OCn1c(C2CCCC2)nc2[nH]c(=O)n(CCCO)c(=O)c21. The summed E-state index contributed by atoms with van der Waals surface area (Å²) in [7, 11) is 0. The van der Waals surface area contributed by atoms with Crippen LogP contribution in [-0.4, -0.2) is 36.8 Å². The normalized spacial score (nSPS) is 15.4. The van der Waals surface area contributed by atoms with Crippen molar-refractivity contribution in [3.63, 3.8) is 0 Å². The molecular weight excluding hydrogens is 364 g/mol. The van der Waals surface area contributed by atoms with Gasteiger partial charge in [-0.3, -0.25) is 23.7 Å². The van der Waals surface area contributed by atoms with Crippen LogP contribution >= 0.6 is 0 Å². The number of hydrogen-bond acceptors (Lipinski definition) is 6. The van der Waals surface area contributed by atoms with Crippen LogP contribution in [0.2, 0.25) is 0 Å². The Labute approximate surface area is 162 Å². The third-order valence-electron chi connectivity index (χ3n) is 5.11. The zero-order chi connectivity index (χ0) is 20.5. The molecule has 2 aromatic heterocycles. The molecule has 0 saturated heterocycles. The Morgan fingerprint density at radius 3 is 2.54 bits per heavy atom. The zero-order valence-corrected chi connectivity index (χ0v) is 16.7. The molecule has 28 heavy (non-hydrogen) atoms. The summed E-state index contributed by atoms with van der Waals surface area (Å²) in [6, 6.07) is 0. The van der Waals surface area contributed by atoms with Gasteiger partial charge in [0.2, 0.25) is 0 Å². The van der Waals surface area contributed by atoms with Crippen molar-refractivity contribution >= 4 is 17.1 Å². The summed E-state index contributed by atoms with van der Waals surface area (Å²) < 4.78 is 8.15. The van der Waals surface area contributed by atoms with Gasteiger partial charge in [-0.15, -0.1) is 0 Å². The number of ether oxygens (including phenoxy) is 1. The molecule has 0 amide bonds. The molecule has 0 unspecified atom stereocenters. The predicted molar refractivity (Wildman–Crippen MR) is 103 cm³/mol. The molecule has 0 bridgehead atoms. The Hall–Kier alpha value is -2.42. The monoisotopic (exact) mass is 392 g/mol. The van der Waals surface area contributed by atoms with Crippen molar-refractivity contribution in [2.75, 3.05) is 6.61 Å². The molecule has 0 atom stereocenters. The number of nitrogens with one attached hydrogen (secondary N) is 1. The smallest absolute Gasteiger partial charge is 0.330 e. The van der Waals surface area contributed by atoms with E-state index in [4.69, 9.17) is 9.84 Å². The molecule has 9 nitrogen and oxygen atoms in total. The number of hydrogen-bond donors (Lipinski definition) is 2. The summed E-state index contributed by atoms with van der Waals surface area (Å²) in [6.07, 6.45) is 4.33. The fourth-order valence-electron chi connectivity index (χ4n) is 3.56. The molecule has 1 saturated carbocycles. The number of aromatic amines is 1. The Balaban J connectivity index is 2.10. The van der Waals surface area contributed by atoms with Gasteiger partial charge in [-0.2, -0.15) is 0 Å². The molecule has 1 fully saturated rings. The summed E-state index contributed by atoms with van der Waals surface area (Å²) >= 11 is 0. The minimum Gasteiger partial charge on any atom is -0.443 e. The number of esters is 1. The van der Waals surface area contributed by atoms with Crippen LogP contribution in [0.15, 0.2) is 9.59 Å². The molecule has 2 aromatic rings. The predicted octanol–water partition coefficient (Wildman–Crippen LogP) is 1.47. The average molecular weight is 392 g/mol. The minimum absolute atomic E-state index is 0.103. The van der Waals surface area contributed by atoms with Crippen molar-refractivity contribution < 1.29 is 14.6 Å². The number of rotatable bonds is 6. The minimum atomic E-state index is -0.667. The topological polar surface area (TPSA) is 119 Å². The van der Waals surface area contributed by atoms with E-state index in [0.717, 1.165) is 30.3 Å². The lowest BCUT2D eigenvalue weighted by atomic mass is 9.98. The van der Waals surface area contributed by atoms with Gasteiger partial charge in [0.05, 0.1) is 5.41 Å². The zero-order valence-electron chi connectivity index (χ0n) is 16.7. The van der Waals surface area contributed by atoms with Crippen LogP contribution in [0.25, 0.3) is 11.2 Å². The summed E-state index contributed by atoms with van der Waals surface area (Å²) in [6.45, 7) is 5.14. The van der Waals surface area contributed by atoms with Crippen molar-refractivity contribution in [3.05, 3.63) is 26.7 Å². The van der Waals surface area contributed by atoms with Crippen molar-refractivity contribution in [1.82, 2.24) is 19.1 Å². The first kappa shape index (κ1) is 20.3. The van der Waals surface area contributed by atoms with Gasteiger partial charge in [-0.05, 0) is 40.0 Å². The second-order valence-electron chi connectivity index (χ2n) is 8.35. The first-order chi connectivity index (χ1) is 13.2. The van der Waals surface area contributed by atoms with Crippen LogP contribution in [-0.2, 0) is 22.8 Å². The highest BCUT2D eigenvalue weighted by Gasteiger charge is 2.28. The number of nitrogens with zero attached hydrogens (tertiary/aromatic N) is 3. The van der Waals surface area contributed by atoms with E-state index in [1.54, 1.807) is 25.3 Å². The number of carbonyl (C=O) groups is 1. The number of aliphatic hydroxyl groups is 1. The maximum Gasteiger partial charge on any atom is 0.330 e. The number of imidazole rings is 1. The van der Waals surface area contributed by atoms with Crippen molar-refractivity contribution in [3.8, 4) is 0 Å². The summed E-state index contributed by atoms with van der Waals surface area (Å²) in [5.41, 5.74) is -1.28. The van der Waals surface area contributed by atoms with E-state index in [9.17, 15) is 14.4 Å². The highest BCUT2D eigenvalue weighted by atomic mass is 16.5. The average Bonchev–Trinajstić information content (AvgIpc) is 3.26. The number of aliphatic hydroxyl groups excluding tert-OH is 1. The highest BCUT2D eigenvalue weighted by molar-refractivity contribution is 5.75. The van der Waals surface area contributed by atoms with Crippen LogP contribution in [0.3, 0.4) is 0 Å². The molecule has 1 aliphatic carbocycles. The van der Waals surface area contributed by atoms with Crippen LogP contribution < -0.4 is 11.2 Å². The molecule has 0 spiro atoms. The van der Waals surface area contributed by atoms with Crippen molar-refractivity contribution in [2.24, 2.45) is 5.41 Å². The van der Waals surface area contributed by atoms with Crippen LogP contribution in [0, 0.1) is 5.41 Å². The van der Waals surface area contributed by atoms with Gasteiger partial charge in [-0.1, -0.05) is 12.8 Å². The maximum absolute atomic E-state index is 13.0. The number of aromatic nitrogens is 4. The Bertz CT molecular complexity index is 973. The molecule has 1 aliphatic rings. The second kappa shape index (κ2) is 7.90. The Morgan fingerprint density at radius 1 is 1.25 bits per heavy atom. The lowest BCUT2D eigenvalue weighted by Crippen LogP contribution is -2.36. The molecule has 2 N–H and O–H groups in total. The number of H-pyrrole nitrogens is 1. The van der Waals surface area contributed by atoms with E-state index in [-0.39, 0.29) is 49.4 Å². The van der Waals surface area contributed by atoms with Gasteiger partial charge < -0.3 is 9.84 Å². The van der Waals surface area contributed by atoms with E-state index in [2.05, 4.69) is 9.97 Å². The van der Waals surface area contributed by atoms with E-state index < -0.39 is 16.7 Å². The molecule has 2 heterocycles. The van der Waals surface area contributed by atoms with E-state index >= 15 is 0 Å². The Morgan fingerprint density at radius 2 is 1.93 bits per heavy atom. The first-order valence-electron chi connectivity index (χ1n) is 9.75. The van der Waals surface area contributed by atoms with Gasteiger partial charge in [0, 0.05) is 19.1 Å². The second-order valence-corrected chi connectivity index (χ2v) is 8.35. The Kier molecular flexibility index (Phi) is 5.74. The molecular formula is C19H28N4O5. The van der Waals surface area contributed by atoms with Crippen LogP contribution in [0.5, 0.6) is 0 Å². The van der Waals surface area contributed by atoms with Gasteiger partial charge in [0.1, 0.15) is 5.82 Å². The third-order valence-corrected chi connectivity index (χ3v) is 5.11. The first-order valence-corrected chi connectivity index (χ1v) is 9.75. The third kappa shape index (κ3) is 3.89. The van der Waals surface area contributed by atoms with E-state index in [1.165, 1.54) is 0 Å². The van der Waals surface area contributed by atoms with E-state index in [0.29, 0.717) is 5.82 Å². The summed E-state index contributed by atoms with van der Waals surface area (Å²) in [4.78, 5) is 44.7. The van der Waals surface area contributed by atoms with Crippen molar-refractivity contribution in [1.29, 1.82) is 0 Å². The fourth-order valence-corrected chi connectivity index (χ4v) is 3.56. The molecule has 3 rings (SSSR count). The largest absolute Gasteiger partial charge is 0.443 e. The summed E-state index contributed by atoms with van der Waals surface area (Å²) in [5, 5.41) is 9.04. The van der Waals surface area contributed by atoms with Gasteiger partial charge in [0.25, 0.3) is 5.56 Å². The standard InChI is InChI=1S/C19H28N4O5/c1-19(2,3)17(26)28-11-23-13-14(20-15(23)12-7-4-5-8-12)21-18(27)22(16(13)25)9-6-10-24/h12,24H,4-11H2,1-3H3,(H,21,27). The number of carbonyl (C=O) groups excluding carboxylic acids is 1. The van der Waals surface area contributed by atoms with Gasteiger partial charge in [-0.25, -0.2) is 9.78 Å². The lowest BCUT2D eigenvalue weighted by Gasteiger charge is -2.19. The fraction of sp³-hybridized carbons (Fsp3) is 0.684. The number of fused-ring (bicyclic) bond motifs is 1. The van der Waals surface area contributed by atoms with Crippen molar-refractivity contribution in [2.45, 2.75) is 72.1 Å². The highest BCUT2D eigenvalue weighted by Crippen LogP contribution is 2.34. The maximum atomic E-state index is 13.0. The molecule has 0 aromatic carbocycles. The summed E-state index contributed by atoms with van der Waals surface area (Å²) in [5.74, 6) is 0.452. The lowest BCUT2D eigenvalue weighted by molar-refractivity contribution is -0.156. The molecule has 0 aliphatic heterocycles. The van der Waals surface area contributed by atoms with Gasteiger partial charge in [0.15, 0.2) is 17.9 Å². The molecule has 9 heteroatoms. The van der Waals surface area contributed by atoms with Gasteiger partial charge >= 0.3 is 11.7 Å². The molecule has 154 valence electrons. The van der Waals surface area contributed by atoms with Crippen LogP contribution in [0.1, 0.15) is 64.6 Å². The quantitative estimate of drug-likeness (QED) is 0.719. The van der Waals surface area contributed by atoms with Crippen LogP contribution in [0.4, 0.5) is 0 Å². The molecule has 0 radical (unpaired) electrons.